The van der Waals surface area contributed by atoms with Crippen molar-refractivity contribution in [2.75, 3.05) is 0 Å². The molecule has 0 radical (unpaired) electrons. The Balaban J connectivity index is 0.00000196. The topological polar surface area (TPSA) is 76.3 Å². The summed E-state index contributed by atoms with van der Waals surface area (Å²) in [6.07, 6.45) is -5.68. The first-order valence-electron chi connectivity index (χ1n) is 3.42. The SMILES string of the molecule is N#Cc1nc(CC(F)(F)F)[nH]c1C#N.[LiH]. The molecule has 0 saturated carbocycles. The van der Waals surface area contributed by atoms with Crippen molar-refractivity contribution in [1.29, 1.82) is 10.5 Å². The van der Waals surface area contributed by atoms with Crippen molar-refractivity contribution in [3.05, 3.63) is 17.2 Å². The molecule has 0 amide bonds. The zero-order valence-corrected chi connectivity index (χ0v) is 6.68. The average Bonchev–Trinajstić information content (AvgIpc) is 2.43. The Morgan fingerprint density at radius 1 is 1.27 bits per heavy atom. The number of aromatic nitrogens is 2. The number of nitrogens with zero attached hydrogens (tertiary/aromatic N) is 3. The molecule has 0 atom stereocenters. The molecular formula is C7H4F3LiN4. The van der Waals surface area contributed by atoms with Crippen molar-refractivity contribution in [3.8, 4) is 12.1 Å². The number of halogens is 3. The number of rotatable bonds is 1. The van der Waals surface area contributed by atoms with Gasteiger partial charge in [-0.25, -0.2) is 4.98 Å². The van der Waals surface area contributed by atoms with Gasteiger partial charge < -0.3 is 4.98 Å². The Morgan fingerprint density at radius 3 is 2.20 bits per heavy atom. The first-order valence-corrected chi connectivity index (χ1v) is 3.42. The van der Waals surface area contributed by atoms with Crippen molar-refractivity contribution in [2.24, 2.45) is 0 Å². The molecule has 1 N–H and O–H groups in total. The van der Waals surface area contributed by atoms with Gasteiger partial charge in [0.25, 0.3) is 0 Å². The van der Waals surface area contributed by atoms with Crippen LogP contribution in [0.1, 0.15) is 17.2 Å². The van der Waals surface area contributed by atoms with E-state index in [0.717, 1.165) is 0 Å². The molecule has 1 heterocycles. The van der Waals surface area contributed by atoms with E-state index in [1.165, 1.54) is 6.07 Å². The molecule has 4 nitrogen and oxygen atoms in total. The number of nitriles is 2. The molecule has 0 aliphatic rings. The minimum atomic E-state index is -4.41. The van der Waals surface area contributed by atoms with Crippen molar-refractivity contribution in [3.63, 3.8) is 0 Å². The van der Waals surface area contributed by atoms with E-state index in [-0.39, 0.29) is 30.2 Å². The molecule has 74 valence electrons. The molecule has 0 aromatic carbocycles. The van der Waals surface area contributed by atoms with E-state index in [2.05, 4.69) is 9.97 Å². The van der Waals surface area contributed by atoms with Crippen molar-refractivity contribution >= 4 is 18.9 Å². The summed E-state index contributed by atoms with van der Waals surface area (Å²) in [5, 5.41) is 16.8. The number of hydrogen-bond donors (Lipinski definition) is 1. The van der Waals surface area contributed by atoms with Gasteiger partial charge in [-0.1, -0.05) is 0 Å². The second-order valence-electron chi connectivity index (χ2n) is 2.42. The Kier molecular flexibility index (Phi) is 4.42. The molecule has 1 aromatic heterocycles. The van der Waals surface area contributed by atoms with Crippen LogP contribution in [0.4, 0.5) is 13.2 Å². The van der Waals surface area contributed by atoms with Gasteiger partial charge in [0.15, 0.2) is 11.4 Å². The first-order chi connectivity index (χ1) is 6.46. The quantitative estimate of drug-likeness (QED) is 0.687. The molecule has 1 rings (SSSR count). The summed E-state index contributed by atoms with van der Waals surface area (Å²) >= 11 is 0. The summed E-state index contributed by atoms with van der Waals surface area (Å²) in [5.41, 5.74) is -0.557. The van der Waals surface area contributed by atoms with Crippen LogP contribution in [0.25, 0.3) is 0 Å². The van der Waals surface area contributed by atoms with Gasteiger partial charge >= 0.3 is 25.0 Å². The molecule has 0 fully saturated rings. The predicted molar refractivity (Wildman–Crippen MR) is 44.9 cm³/mol. The Labute approximate surface area is 94.9 Å². The van der Waals surface area contributed by atoms with E-state index in [1.807, 2.05) is 0 Å². The van der Waals surface area contributed by atoms with Crippen LogP contribution in [0.15, 0.2) is 0 Å². The van der Waals surface area contributed by atoms with Crippen LogP contribution in [0.5, 0.6) is 0 Å². The molecule has 0 aliphatic heterocycles. The Morgan fingerprint density at radius 2 is 1.87 bits per heavy atom. The van der Waals surface area contributed by atoms with Gasteiger partial charge in [-0.15, -0.1) is 0 Å². The Hall–Kier alpha value is -1.42. The predicted octanol–water partition coefficient (Wildman–Crippen LogP) is 0.609. The summed E-state index contributed by atoms with van der Waals surface area (Å²) in [4.78, 5) is 5.45. The summed E-state index contributed by atoms with van der Waals surface area (Å²) in [7, 11) is 0. The van der Waals surface area contributed by atoms with Crippen LogP contribution in [0.2, 0.25) is 0 Å². The van der Waals surface area contributed by atoms with Gasteiger partial charge in [0.2, 0.25) is 0 Å². The summed E-state index contributed by atoms with van der Waals surface area (Å²) < 4.78 is 35.6. The normalized spacial score (nSPS) is 9.93. The number of alkyl halides is 3. The minimum absolute atomic E-state index is 0. The van der Waals surface area contributed by atoms with Crippen LogP contribution in [0, 0.1) is 22.7 Å². The first kappa shape index (κ1) is 13.6. The van der Waals surface area contributed by atoms with E-state index in [1.54, 1.807) is 6.07 Å². The van der Waals surface area contributed by atoms with Crippen molar-refractivity contribution in [2.45, 2.75) is 12.6 Å². The van der Waals surface area contributed by atoms with Gasteiger partial charge in [-0.05, 0) is 0 Å². The number of hydrogen-bond acceptors (Lipinski definition) is 3. The number of imidazole rings is 1. The van der Waals surface area contributed by atoms with Gasteiger partial charge in [-0.3, -0.25) is 0 Å². The standard InChI is InChI=1S/C7H3F3N4.Li.H/c8-7(9,10)1-6-13-4(2-11)5(3-12)14-6;;/h1H2,(H,13,14);;. The van der Waals surface area contributed by atoms with E-state index in [4.69, 9.17) is 10.5 Å². The third-order valence-corrected chi connectivity index (χ3v) is 1.34. The monoisotopic (exact) mass is 208 g/mol. The van der Waals surface area contributed by atoms with E-state index < -0.39 is 18.4 Å². The van der Waals surface area contributed by atoms with Crippen molar-refractivity contribution < 1.29 is 13.2 Å². The van der Waals surface area contributed by atoms with Crippen LogP contribution in [-0.4, -0.2) is 35.0 Å². The molecule has 0 aliphatic carbocycles. The fourth-order valence-corrected chi connectivity index (χ4v) is 0.858. The molecule has 1 aromatic rings. The van der Waals surface area contributed by atoms with E-state index >= 15 is 0 Å². The zero-order valence-electron chi connectivity index (χ0n) is 6.68. The zero-order chi connectivity index (χ0) is 10.8. The van der Waals surface area contributed by atoms with Crippen molar-refractivity contribution in [1.82, 2.24) is 9.97 Å². The van der Waals surface area contributed by atoms with E-state index in [9.17, 15) is 13.2 Å². The fourth-order valence-electron chi connectivity index (χ4n) is 0.858. The number of H-pyrrole nitrogens is 1. The van der Waals surface area contributed by atoms with Gasteiger partial charge in [0.1, 0.15) is 24.4 Å². The average molecular weight is 208 g/mol. The van der Waals surface area contributed by atoms with E-state index in [0.29, 0.717) is 0 Å². The molecule has 0 spiro atoms. The number of nitrogens with one attached hydrogen (secondary N) is 1. The molecular weight excluding hydrogens is 204 g/mol. The maximum absolute atomic E-state index is 11.9. The van der Waals surface area contributed by atoms with Gasteiger partial charge in [-0.2, -0.15) is 23.7 Å². The second kappa shape index (κ2) is 4.88. The van der Waals surface area contributed by atoms with Crippen LogP contribution in [-0.2, 0) is 6.42 Å². The molecule has 0 saturated heterocycles. The third-order valence-electron chi connectivity index (χ3n) is 1.34. The van der Waals surface area contributed by atoms with Gasteiger partial charge in [0.05, 0.1) is 0 Å². The molecule has 0 bridgehead atoms. The van der Waals surface area contributed by atoms with Gasteiger partial charge in [0, 0.05) is 0 Å². The molecule has 15 heavy (non-hydrogen) atoms. The summed E-state index contributed by atoms with van der Waals surface area (Å²) in [5.74, 6) is -0.425. The second-order valence-corrected chi connectivity index (χ2v) is 2.42. The maximum atomic E-state index is 11.9. The molecule has 0 unspecified atom stereocenters. The number of aromatic amines is 1. The summed E-state index contributed by atoms with van der Waals surface area (Å²) in [6, 6.07) is 3.07. The molecule has 8 heteroatoms. The van der Waals surface area contributed by atoms with Crippen LogP contribution >= 0.6 is 0 Å². The fraction of sp³-hybridized carbons (Fsp3) is 0.286. The summed E-state index contributed by atoms with van der Waals surface area (Å²) in [6.45, 7) is 0. The third kappa shape index (κ3) is 3.67. The Bertz CT molecular complexity index is 391. The van der Waals surface area contributed by atoms with Crippen LogP contribution in [0.3, 0.4) is 0 Å². The van der Waals surface area contributed by atoms with Crippen LogP contribution < -0.4 is 0 Å².